The molecule has 1 fully saturated rings. The Morgan fingerprint density at radius 1 is 1.00 bits per heavy atom. The molecule has 198 valence electrons. The summed E-state index contributed by atoms with van der Waals surface area (Å²) in [4.78, 5) is 36.9. The first-order valence-corrected chi connectivity index (χ1v) is 12.6. The van der Waals surface area contributed by atoms with Gasteiger partial charge in [0.05, 0.1) is 42.4 Å². The number of aromatic amines is 1. The highest BCUT2D eigenvalue weighted by molar-refractivity contribution is 5.97. The van der Waals surface area contributed by atoms with Crippen molar-refractivity contribution in [1.82, 2.24) is 44.7 Å². The summed E-state index contributed by atoms with van der Waals surface area (Å²) in [7, 11) is 0. The highest BCUT2D eigenvalue weighted by atomic mass is 16.5. The van der Waals surface area contributed by atoms with Crippen LogP contribution in [0.15, 0.2) is 67.5 Å². The normalized spacial score (nSPS) is 13.7. The van der Waals surface area contributed by atoms with Gasteiger partial charge in [-0.3, -0.25) is 20.1 Å². The first kappa shape index (κ1) is 23.7. The van der Waals surface area contributed by atoms with Crippen molar-refractivity contribution in [1.29, 1.82) is 0 Å². The fourth-order valence-electron chi connectivity index (χ4n) is 4.76. The van der Waals surface area contributed by atoms with Crippen LogP contribution in [0.5, 0.6) is 0 Å². The van der Waals surface area contributed by atoms with E-state index in [4.69, 9.17) is 15.6 Å². The number of H-pyrrole nitrogens is 1. The molecule has 13 nitrogen and oxygen atoms in total. The van der Waals surface area contributed by atoms with Crippen LogP contribution in [0.3, 0.4) is 0 Å². The Labute approximate surface area is 227 Å². The Kier molecular flexibility index (Phi) is 5.74. The van der Waals surface area contributed by atoms with E-state index in [2.05, 4.69) is 35.5 Å². The van der Waals surface area contributed by atoms with Crippen LogP contribution in [-0.4, -0.2) is 77.0 Å². The molecule has 6 aromatic rings. The van der Waals surface area contributed by atoms with Gasteiger partial charge < -0.3 is 20.8 Å². The van der Waals surface area contributed by atoms with Gasteiger partial charge in [0.1, 0.15) is 16.7 Å². The summed E-state index contributed by atoms with van der Waals surface area (Å²) >= 11 is 0. The van der Waals surface area contributed by atoms with Gasteiger partial charge in [0.15, 0.2) is 11.5 Å². The highest BCUT2D eigenvalue weighted by Crippen LogP contribution is 2.32. The Morgan fingerprint density at radius 3 is 2.70 bits per heavy atom. The van der Waals surface area contributed by atoms with Gasteiger partial charge in [-0.05, 0) is 24.3 Å². The number of imidazole rings is 1. The molecule has 0 saturated carbocycles. The van der Waals surface area contributed by atoms with Crippen LogP contribution in [0.4, 0.5) is 10.5 Å². The van der Waals surface area contributed by atoms with Gasteiger partial charge in [0.25, 0.3) is 0 Å². The van der Waals surface area contributed by atoms with Crippen molar-refractivity contribution in [3.05, 3.63) is 67.5 Å². The van der Waals surface area contributed by atoms with Gasteiger partial charge in [-0.25, -0.2) is 19.4 Å². The van der Waals surface area contributed by atoms with Crippen molar-refractivity contribution in [3.63, 3.8) is 0 Å². The second kappa shape index (κ2) is 9.71. The number of carbonyl (C=O) groups is 1. The van der Waals surface area contributed by atoms with Crippen LogP contribution in [0.25, 0.3) is 56.0 Å². The third-order valence-corrected chi connectivity index (χ3v) is 6.80. The molecule has 1 aliphatic rings. The molecule has 0 atom stereocenters. The Morgan fingerprint density at radius 2 is 1.85 bits per heavy atom. The molecule has 0 aliphatic carbocycles. The van der Waals surface area contributed by atoms with Crippen molar-refractivity contribution in [2.45, 2.75) is 0 Å². The molecule has 0 aromatic carbocycles. The summed E-state index contributed by atoms with van der Waals surface area (Å²) in [5.74, 6) is 6.99. The van der Waals surface area contributed by atoms with E-state index < -0.39 is 0 Å². The summed E-state index contributed by atoms with van der Waals surface area (Å²) in [5, 5.41) is 11.1. The van der Waals surface area contributed by atoms with Gasteiger partial charge in [-0.15, -0.1) is 0 Å². The van der Waals surface area contributed by atoms with Gasteiger partial charge in [0, 0.05) is 54.6 Å². The van der Waals surface area contributed by atoms with E-state index in [0.29, 0.717) is 60.2 Å². The minimum Gasteiger partial charge on any atom is -0.378 e. The maximum atomic E-state index is 12.7. The fraction of sp³-hybridized carbons (Fsp3) is 0.148. The van der Waals surface area contributed by atoms with Crippen molar-refractivity contribution >= 4 is 33.8 Å². The number of nitrogens with one attached hydrogen (secondary N) is 2. The first-order chi connectivity index (χ1) is 19.7. The summed E-state index contributed by atoms with van der Waals surface area (Å²) in [5.41, 5.74) is 6.12. The van der Waals surface area contributed by atoms with Crippen molar-refractivity contribution < 1.29 is 9.53 Å². The van der Waals surface area contributed by atoms with Crippen LogP contribution in [0.2, 0.25) is 0 Å². The second-order valence-electron chi connectivity index (χ2n) is 9.26. The number of carbonyl (C=O) groups excluding carboxylic acids is 1. The summed E-state index contributed by atoms with van der Waals surface area (Å²) in [6, 6.07) is 9.29. The smallest absolute Gasteiger partial charge is 0.322 e. The zero-order valence-electron chi connectivity index (χ0n) is 21.2. The Balaban J connectivity index is 1.25. The van der Waals surface area contributed by atoms with Gasteiger partial charge in [-0.1, -0.05) is 6.07 Å². The van der Waals surface area contributed by atoms with Gasteiger partial charge in [0.2, 0.25) is 0 Å². The molecule has 0 radical (unpaired) electrons. The fourth-order valence-corrected chi connectivity index (χ4v) is 4.76. The average molecular weight is 534 g/mol. The van der Waals surface area contributed by atoms with E-state index in [-0.39, 0.29) is 6.03 Å². The molecule has 40 heavy (non-hydrogen) atoms. The van der Waals surface area contributed by atoms with Crippen LogP contribution in [0, 0.1) is 0 Å². The monoisotopic (exact) mass is 533 g/mol. The van der Waals surface area contributed by atoms with Crippen molar-refractivity contribution in [2.75, 3.05) is 37.5 Å². The van der Waals surface area contributed by atoms with Crippen molar-refractivity contribution in [2.24, 2.45) is 0 Å². The standard InChI is InChI=1S/C27H23N11O2/c28-38-22-15-30-14-20(21-3-1-2-4-31-21)23(22)34-26(38)24-19-10-17(12-32-25(19)36-35-24)16-9-18(13-29-11-16)33-27(39)37-5-7-40-8-6-37/h1-4,9-15H,5-8,28H2,(H,33,39)(H,32,35,36). The first-order valence-electron chi connectivity index (χ1n) is 12.6. The number of ether oxygens (including phenoxy) is 1. The number of nitrogen functional groups attached to an aromatic ring is 1. The predicted octanol–water partition coefficient (Wildman–Crippen LogP) is 3.07. The Hall–Kier alpha value is -5.43. The number of hydrogen-bond acceptors (Lipinski definition) is 9. The van der Waals surface area contributed by atoms with Crippen LogP contribution < -0.4 is 11.2 Å². The molecule has 6 aromatic heterocycles. The zero-order chi connectivity index (χ0) is 27.1. The molecule has 1 saturated heterocycles. The summed E-state index contributed by atoms with van der Waals surface area (Å²) < 4.78 is 6.81. The number of anilines is 1. The van der Waals surface area contributed by atoms with Crippen LogP contribution in [-0.2, 0) is 4.74 Å². The summed E-state index contributed by atoms with van der Waals surface area (Å²) in [6.07, 6.45) is 10.2. The lowest BCUT2D eigenvalue weighted by atomic mass is 10.1. The number of fused-ring (bicyclic) bond motifs is 2. The van der Waals surface area contributed by atoms with E-state index in [0.717, 1.165) is 27.8 Å². The molecule has 7 rings (SSSR count). The third-order valence-electron chi connectivity index (χ3n) is 6.80. The van der Waals surface area contributed by atoms with E-state index in [1.54, 1.807) is 42.1 Å². The largest absolute Gasteiger partial charge is 0.378 e. The average Bonchev–Trinajstić information content (AvgIpc) is 3.58. The number of amides is 2. The molecule has 2 amide bonds. The van der Waals surface area contributed by atoms with E-state index in [1.165, 1.54) is 4.68 Å². The minimum absolute atomic E-state index is 0.186. The SMILES string of the molecule is Nn1c(-c2[nH]nc3ncc(-c4cncc(NC(=O)N5CCOCC5)c4)cc23)nc2c(-c3ccccn3)cncc21. The molecular weight excluding hydrogens is 510 g/mol. The molecule has 13 heteroatoms. The number of rotatable bonds is 4. The predicted molar refractivity (Wildman–Crippen MR) is 148 cm³/mol. The number of nitrogens with zero attached hydrogens (tertiary/aromatic N) is 8. The van der Waals surface area contributed by atoms with Gasteiger partial charge in [-0.2, -0.15) is 5.10 Å². The molecular formula is C27H23N11O2. The number of aromatic nitrogens is 8. The lowest BCUT2D eigenvalue weighted by molar-refractivity contribution is 0.0564. The third kappa shape index (κ3) is 4.14. The van der Waals surface area contributed by atoms with E-state index >= 15 is 0 Å². The lowest BCUT2D eigenvalue weighted by Gasteiger charge is -2.26. The maximum Gasteiger partial charge on any atom is 0.322 e. The van der Waals surface area contributed by atoms with Gasteiger partial charge >= 0.3 is 6.03 Å². The zero-order valence-corrected chi connectivity index (χ0v) is 21.2. The number of morpholine rings is 1. The topological polar surface area (TPSA) is 166 Å². The molecule has 1 aliphatic heterocycles. The molecule has 7 heterocycles. The number of nitrogens with two attached hydrogens (primary N) is 1. The molecule has 0 unspecified atom stereocenters. The molecule has 0 bridgehead atoms. The van der Waals surface area contributed by atoms with Crippen LogP contribution in [0.1, 0.15) is 0 Å². The van der Waals surface area contributed by atoms with E-state index in [9.17, 15) is 4.79 Å². The molecule has 0 spiro atoms. The lowest BCUT2D eigenvalue weighted by Crippen LogP contribution is -2.43. The highest BCUT2D eigenvalue weighted by Gasteiger charge is 2.21. The van der Waals surface area contributed by atoms with Crippen LogP contribution >= 0.6 is 0 Å². The summed E-state index contributed by atoms with van der Waals surface area (Å²) in [6.45, 7) is 2.16. The minimum atomic E-state index is -0.186. The quantitative estimate of drug-likeness (QED) is 0.289. The maximum absolute atomic E-state index is 12.7. The Bertz CT molecular complexity index is 1860. The second-order valence-corrected chi connectivity index (χ2v) is 9.26. The van der Waals surface area contributed by atoms with E-state index in [1.807, 2.05) is 30.3 Å². The van der Waals surface area contributed by atoms with Crippen molar-refractivity contribution in [3.8, 4) is 33.9 Å². The number of pyridine rings is 4. The molecule has 4 N–H and O–H groups in total. The number of urea groups is 1. The number of hydrogen-bond donors (Lipinski definition) is 3.